The van der Waals surface area contributed by atoms with E-state index < -0.39 is 5.41 Å². The molecule has 1 heterocycles. The van der Waals surface area contributed by atoms with Crippen molar-refractivity contribution >= 4 is 23.1 Å². The summed E-state index contributed by atoms with van der Waals surface area (Å²) in [6.07, 6.45) is 8.22. The van der Waals surface area contributed by atoms with E-state index in [1.807, 2.05) is 12.1 Å². The normalized spacial score (nSPS) is 18.2. The molecule has 2 rings (SSSR count). The van der Waals surface area contributed by atoms with Crippen molar-refractivity contribution < 1.29 is 9.21 Å². The third-order valence-corrected chi connectivity index (χ3v) is 4.49. The number of carbonyl (C=O) groups is 1. The lowest BCUT2D eigenvalue weighted by atomic mass is 9.79. The summed E-state index contributed by atoms with van der Waals surface area (Å²) >= 11 is 5.19. The number of amides is 1. The molecule has 0 atom stereocenters. The van der Waals surface area contributed by atoms with Crippen molar-refractivity contribution in [2.24, 2.45) is 11.1 Å². The molecule has 1 aliphatic carbocycles. The minimum atomic E-state index is -0.644. The van der Waals surface area contributed by atoms with Crippen LogP contribution in [0, 0.1) is 5.41 Å². The van der Waals surface area contributed by atoms with Crippen LogP contribution in [0.25, 0.3) is 0 Å². The van der Waals surface area contributed by atoms with Crippen molar-refractivity contribution in [3.63, 3.8) is 0 Å². The summed E-state index contributed by atoms with van der Waals surface area (Å²) in [6, 6.07) is 3.75. The van der Waals surface area contributed by atoms with Crippen molar-refractivity contribution in [1.82, 2.24) is 5.32 Å². The van der Waals surface area contributed by atoms with Gasteiger partial charge in [0.25, 0.3) is 0 Å². The Kier molecular flexibility index (Phi) is 5.17. The van der Waals surface area contributed by atoms with Crippen LogP contribution in [0.3, 0.4) is 0 Å². The molecule has 1 amide bonds. The molecule has 5 heteroatoms. The first-order valence-corrected chi connectivity index (χ1v) is 7.66. The molecular weight excluding hydrogens is 272 g/mol. The van der Waals surface area contributed by atoms with Gasteiger partial charge in [-0.3, -0.25) is 4.79 Å². The first-order valence-electron chi connectivity index (χ1n) is 7.26. The first kappa shape index (κ1) is 15.0. The molecule has 3 N–H and O–H groups in total. The van der Waals surface area contributed by atoms with Crippen LogP contribution in [0.1, 0.15) is 44.3 Å². The number of furan rings is 1. The van der Waals surface area contributed by atoms with Gasteiger partial charge in [-0.1, -0.05) is 37.9 Å². The van der Waals surface area contributed by atoms with Gasteiger partial charge in [0.1, 0.15) is 5.76 Å². The molecule has 0 bridgehead atoms. The van der Waals surface area contributed by atoms with Gasteiger partial charge < -0.3 is 15.5 Å². The van der Waals surface area contributed by atoms with Gasteiger partial charge in [0.2, 0.25) is 5.91 Å². The zero-order valence-electron chi connectivity index (χ0n) is 11.7. The second-order valence-corrected chi connectivity index (χ2v) is 5.89. The lowest BCUT2D eigenvalue weighted by Gasteiger charge is -2.30. The largest absolute Gasteiger partial charge is 0.469 e. The molecule has 1 aromatic heterocycles. The molecule has 1 saturated carbocycles. The molecule has 0 aliphatic heterocycles. The van der Waals surface area contributed by atoms with Gasteiger partial charge >= 0.3 is 0 Å². The maximum atomic E-state index is 12.5. The number of thiocarbonyl (C=S) groups is 1. The van der Waals surface area contributed by atoms with Crippen LogP contribution in [-0.2, 0) is 11.2 Å². The summed E-state index contributed by atoms with van der Waals surface area (Å²) in [7, 11) is 0. The van der Waals surface area contributed by atoms with E-state index in [4.69, 9.17) is 22.4 Å². The molecule has 1 aromatic rings. The van der Waals surface area contributed by atoms with Gasteiger partial charge in [-0.05, 0) is 25.0 Å². The molecule has 0 unspecified atom stereocenters. The number of hydrogen-bond acceptors (Lipinski definition) is 3. The Morgan fingerprint density at radius 3 is 2.60 bits per heavy atom. The van der Waals surface area contributed by atoms with Crippen LogP contribution in [0.15, 0.2) is 22.8 Å². The zero-order chi connectivity index (χ0) is 14.4. The lowest BCUT2D eigenvalue weighted by Crippen LogP contribution is -2.49. The maximum Gasteiger partial charge on any atom is 0.233 e. The van der Waals surface area contributed by atoms with Gasteiger partial charge in [0.05, 0.1) is 16.7 Å². The Labute approximate surface area is 125 Å². The van der Waals surface area contributed by atoms with E-state index >= 15 is 0 Å². The Hall–Kier alpha value is -1.36. The van der Waals surface area contributed by atoms with E-state index in [9.17, 15) is 4.79 Å². The van der Waals surface area contributed by atoms with E-state index in [1.165, 1.54) is 0 Å². The third-order valence-electron chi connectivity index (χ3n) is 4.10. The van der Waals surface area contributed by atoms with Gasteiger partial charge in [-0.2, -0.15) is 0 Å². The molecule has 0 spiro atoms. The third kappa shape index (κ3) is 3.39. The van der Waals surface area contributed by atoms with E-state index in [0.717, 1.165) is 44.3 Å². The predicted molar refractivity (Wildman–Crippen MR) is 82.3 cm³/mol. The summed E-state index contributed by atoms with van der Waals surface area (Å²) in [5, 5.41) is 2.97. The number of nitrogens with one attached hydrogen (secondary N) is 1. The fraction of sp³-hybridized carbons (Fsp3) is 0.600. The zero-order valence-corrected chi connectivity index (χ0v) is 12.5. The molecule has 20 heavy (non-hydrogen) atoms. The fourth-order valence-electron chi connectivity index (χ4n) is 2.84. The number of nitrogens with two attached hydrogens (primary N) is 1. The Bertz CT molecular complexity index is 448. The summed E-state index contributed by atoms with van der Waals surface area (Å²) in [5.41, 5.74) is 5.25. The average molecular weight is 294 g/mol. The SMILES string of the molecule is NC(=S)C1(C(=O)NCCc2ccco2)CCCCCC1. The number of rotatable bonds is 5. The summed E-state index contributed by atoms with van der Waals surface area (Å²) in [6.45, 7) is 0.552. The second kappa shape index (κ2) is 6.88. The Morgan fingerprint density at radius 2 is 2.05 bits per heavy atom. The fourth-order valence-corrected chi connectivity index (χ4v) is 3.14. The number of hydrogen-bond donors (Lipinski definition) is 2. The van der Waals surface area contributed by atoms with Gasteiger partial charge in [-0.25, -0.2) is 0 Å². The van der Waals surface area contributed by atoms with Crippen molar-refractivity contribution in [3.8, 4) is 0 Å². The van der Waals surface area contributed by atoms with Crippen LogP contribution in [0.4, 0.5) is 0 Å². The molecule has 4 nitrogen and oxygen atoms in total. The quantitative estimate of drug-likeness (QED) is 0.647. The van der Waals surface area contributed by atoms with Crippen LogP contribution in [0.5, 0.6) is 0 Å². The van der Waals surface area contributed by atoms with E-state index in [0.29, 0.717) is 18.0 Å². The Balaban J connectivity index is 1.94. The topological polar surface area (TPSA) is 68.3 Å². The summed E-state index contributed by atoms with van der Waals surface area (Å²) in [5.74, 6) is 0.856. The minimum absolute atomic E-state index is 0.0153. The Morgan fingerprint density at radius 1 is 1.35 bits per heavy atom. The van der Waals surface area contributed by atoms with Gasteiger partial charge in [0, 0.05) is 13.0 Å². The van der Waals surface area contributed by atoms with Gasteiger partial charge in [0.15, 0.2) is 0 Å². The van der Waals surface area contributed by atoms with E-state index in [1.54, 1.807) is 6.26 Å². The highest BCUT2D eigenvalue weighted by molar-refractivity contribution is 7.80. The highest BCUT2D eigenvalue weighted by Crippen LogP contribution is 2.35. The van der Waals surface area contributed by atoms with Crippen molar-refractivity contribution in [3.05, 3.63) is 24.2 Å². The monoisotopic (exact) mass is 294 g/mol. The highest BCUT2D eigenvalue weighted by atomic mass is 32.1. The van der Waals surface area contributed by atoms with Crippen molar-refractivity contribution in [1.29, 1.82) is 0 Å². The molecule has 0 saturated heterocycles. The second-order valence-electron chi connectivity index (χ2n) is 5.45. The van der Waals surface area contributed by atoms with E-state index in [2.05, 4.69) is 5.32 Å². The van der Waals surface area contributed by atoms with Crippen LogP contribution in [0.2, 0.25) is 0 Å². The molecular formula is C15H22N2O2S. The van der Waals surface area contributed by atoms with Crippen molar-refractivity contribution in [2.75, 3.05) is 6.54 Å². The molecule has 0 aromatic carbocycles. The van der Waals surface area contributed by atoms with Crippen LogP contribution in [-0.4, -0.2) is 17.4 Å². The smallest absolute Gasteiger partial charge is 0.233 e. The predicted octanol–water partition coefficient (Wildman–Crippen LogP) is 2.57. The highest BCUT2D eigenvalue weighted by Gasteiger charge is 2.41. The van der Waals surface area contributed by atoms with Crippen molar-refractivity contribution in [2.45, 2.75) is 44.9 Å². The average Bonchev–Trinajstić information content (AvgIpc) is 2.80. The lowest BCUT2D eigenvalue weighted by molar-refractivity contribution is -0.128. The first-order chi connectivity index (χ1) is 9.65. The minimum Gasteiger partial charge on any atom is -0.469 e. The van der Waals surface area contributed by atoms with Crippen LogP contribution >= 0.6 is 12.2 Å². The summed E-state index contributed by atoms with van der Waals surface area (Å²) < 4.78 is 5.25. The molecule has 1 aliphatic rings. The molecule has 110 valence electrons. The van der Waals surface area contributed by atoms with E-state index in [-0.39, 0.29) is 5.91 Å². The maximum absolute atomic E-state index is 12.5. The van der Waals surface area contributed by atoms with Crippen LogP contribution < -0.4 is 11.1 Å². The standard InChI is InChI=1S/C15H22N2O2S/c16-13(20)15(8-3-1-2-4-9-15)14(18)17-10-7-12-6-5-11-19-12/h5-6,11H,1-4,7-10H2,(H2,16,20)(H,17,18). The summed E-state index contributed by atoms with van der Waals surface area (Å²) in [4.78, 5) is 12.9. The molecule has 0 radical (unpaired) electrons. The van der Waals surface area contributed by atoms with Gasteiger partial charge in [-0.15, -0.1) is 0 Å². The number of carbonyl (C=O) groups excluding carboxylic acids is 1. The molecule has 1 fully saturated rings.